The summed E-state index contributed by atoms with van der Waals surface area (Å²) in [6.45, 7) is -0.346. The molecule has 6 heteroatoms. The number of benzene rings is 1. The molecule has 0 radical (unpaired) electrons. The van der Waals surface area contributed by atoms with Gasteiger partial charge in [-0.15, -0.1) is 0 Å². The molecule has 22 heavy (non-hydrogen) atoms. The van der Waals surface area contributed by atoms with E-state index in [0.29, 0.717) is 17.1 Å². The quantitative estimate of drug-likeness (QED) is 0.871. The Morgan fingerprint density at radius 1 is 1.27 bits per heavy atom. The molecule has 1 aliphatic rings. The molecule has 2 rings (SSSR count). The minimum absolute atomic E-state index is 0.199. The van der Waals surface area contributed by atoms with Crippen molar-refractivity contribution in [1.29, 1.82) is 0 Å². The molecule has 0 bridgehead atoms. The lowest BCUT2D eigenvalue weighted by atomic mass is 10.1. The SMILES string of the molecule is COc1cc(C(=O)N(C)CC(=O)O)ccc1OC1CCCC1. The van der Waals surface area contributed by atoms with Gasteiger partial charge in [-0.1, -0.05) is 0 Å². The summed E-state index contributed by atoms with van der Waals surface area (Å²) in [6, 6.07) is 4.93. The number of rotatable bonds is 6. The lowest BCUT2D eigenvalue weighted by Crippen LogP contribution is -2.31. The predicted molar refractivity (Wildman–Crippen MR) is 80.5 cm³/mol. The van der Waals surface area contributed by atoms with Crippen LogP contribution < -0.4 is 9.47 Å². The van der Waals surface area contributed by atoms with Crippen LogP contribution in [0.25, 0.3) is 0 Å². The van der Waals surface area contributed by atoms with E-state index < -0.39 is 5.97 Å². The minimum atomic E-state index is -1.05. The molecule has 1 aliphatic carbocycles. The summed E-state index contributed by atoms with van der Waals surface area (Å²) in [7, 11) is 2.97. The number of amides is 1. The van der Waals surface area contributed by atoms with E-state index in [1.165, 1.54) is 27.0 Å². The fourth-order valence-corrected chi connectivity index (χ4v) is 2.58. The van der Waals surface area contributed by atoms with Crippen LogP contribution in [0.15, 0.2) is 18.2 Å². The third kappa shape index (κ3) is 3.90. The van der Waals surface area contributed by atoms with Crippen molar-refractivity contribution in [2.24, 2.45) is 0 Å². The van der Waals surface area contributed by atoms with Crippen molar-refractivity contribution in [2.75, 3.05) is 20.7 Å². The number of ether oxygens (including phenoxy) is 2. The largest absolute Gasteiger partial charge is 0.493 e. The Morgan fingerprint density at radius 3 is 2.55 bits per heavy atom. The van der Waals surface area contributed by atoms with Gasteiger partial charge in [-0.05, 0) is 43.9 Å². The van der Waals surface area contributed by atoms with Crippen molar-refractivity contribution < 1.29 is 24.2 Å². The van der Waals surface area contributed by atoms with E-state index in [4.69, 9.17) is 14.6 Å². The summed E-state index contributed by atoms with van der Waals surface area (Å²) in [5.74, 6) is -0.314. The number of hydrogen-bond acceptors (Lipinski definition) is 4. The second-order valence-electron chi connectivity index (χ2n) is 5.44. The highest BCUT2D eigenvalue weighted by Gasteiger charge is 2.20. The number of carboxylic acids is 1. The van der Waals surface area contributed by atoms with Gasteiger partial charge in [0.05, 0.1) is 13.2 Å². The molecule has 1 amide bonds. The lowest BCUT2D eigenvalue weighted by Gasteiger charge is -2.18. The molecule has 120 valence electrons. The first-order valence-electron chi connectivity index (χ1n) is 7.33. The zero-order valence-electron chi connectivity index (χ0n) is 12.9. The normalized spacial score (nSPS) is 14.6. The molecule has 0 atom stereocenters. The van der Waals surface area contributed by atoms with Gasteiger partial charge < -0.3 is 19.5 Å². The average molecular weight is 307 g/mol. The van der Waals surface area contributed by atoms with Gasteiger partial charge in [-0.2, -0.15) is 0 Å². The molecular weight excluding hydrogens is 286 g/mol. The van der Waals surface area contributed by atoms with Gasteiger partial charge in [0, 0.05) is 12.6 Å². The van der Waals surface area contributed by atoms with Crippen LogP contribution in [-0.4, -0.2) is 48.7 Å². The van der Waals surface area contributed by atoms with E-state index in [1.54, 1.807) is 18.2 Å². The Balaban J connectivity index is 2.13. The zero-order valence-corrected chi connectivity index (χ0v) is 12.9. The molecule has 1 aromatic carbocycles. The summed E-state index contributed by atoms with van der Waals surface area (Å²) in [5, 5.41) is 8.75. The van der Waals surface area contributed by atoms with Crippen molar-refractivity contribution in [3.8, 4) is 11.5 Å². The van der Waals surface area contributed by atoms with Crippen molar-refractivity contribution in [2.45, 2.75) is 31.8 Å². The molecule has 0 unspecified atom stereocenters. The molecule has 0 aliphatic heterocycles. The molecule has 0 saturated heterocycles. The highest BCUT2D eigenvalue weighted by Crippen LogP contribution is 2.32. The second kappa shape index (κ2) is 7.15. The van der Waals surface area contributed by atoms with Crippen LogP contribution in [0.4, 0.5) is 0 Å². The average Bonchev–Trinajstić information content (AvgIpc) is 2.99. The fourth-order valence-electron chi connectivity index (χ4n) is 2.58. The number of aliphatic carboxylic acids is 1. The molecule has 1 saturated carbocycles. The molecule has 0 aromatic heterocycles. The predicted octanol–water partition coefficient (Wildman–Crippen LogP) is 2.17. The zero-order chi connectivity index (χ0) is 16.1. The Morgan fingerprint density at radius 2 is 1.95 bits per heavy atom. The number of likely N-dealkylation sites (N-methyl/N-ethyl adjacent to an activating group) is 1. The van der Waals surface area contributed by atoms with Crippen LogP contribution in [0.3, 0.4) is 0 Å². The number of hydrogen-bond donors (Lipinski definition) is 1. The standard InChI is InChI=1S/C16H21NO5/c1-17(10-15(18)19)16(20)11-7-8-13(14(9-11)21-2)22-12-5-3-4-6-12/h7-9,12H,3-6,10H2,1-2H3,(H,18,19). The first-order chi connectivity index (χ1) is 10.5. The van der Waals surface area contributed by atoms with E-state index in [9.17, 15) is 9.59 Å². The number of carbonyl (C=O) groups is 2. The minimum Gasteiger partial charge on any atom is -0.493 e. The number of carbonyl (C=O) groups excluding carboxylic acids is 1. The Kier molecular flexibility index (Phi) is 5.25. The van der Waals surface area contributed by atoms with Gasteiger partial charge in [0.25, 0.3) is 5.91 Å². The Bertz CT molecular complexity index is 551. The summed E-state index contributed by atoms with van der Waals surface area (Å²) < 4.78 is 11.2. The topological polar surface area (TPSA) is 76.1 Å². The molecule has 0 spiro atoms. The summed E-state index contributed by atoms with van der Waals surface area (Å²) >= 11 is 0. The second-order valence-corrected chi connectivity index (χ2v) is 5.44. The number of nitrogens with zero attached hydrogens (tertiary/aromatic N) is 1. The maximum Gasteiger partial charge on any atom is 0.323 e. The lowest BCUT2D eigenvalue weighted by molar-refractivity contribution is -0.137. The molecule has 0 heterocycles. The third-order valence-corrected chi connectivity index (χ3v) is 3.73. The van der Waals surface area contributed by atoms with Crippen LogP contribution in [0.1, 0.15) is 36.0 Å². The van der Waals surface area contributed by atoms with Crippen LogP contribution in [0.2, 0.25) is 0 Å². The van der Waals surface area contributed by atoms with Crippen LogP contribution >= 0.6 is 0 Å². The van der Waals surface area contributed by atoms with Crippen LogP contribution in [-0.2, 0) is 4.79 Å². The highest BCUT2D eigenvalue weighted by atomic mass is 16.5. The highest BCUT2D eigenvalue weighted by molar-refractivity contribution is 5.96. The summed E-state index contributed by atoms with van der Waals surface area (Å²) in [5.41, 5.74) is 0.374. The molecule has 1 fully saturated rings. The number of carboxylic acid groups (broad SMARTS) is 1. The van der Waals surface area contributed by atoms with Crippen molar-refractivity contribution in [3.05, 3.63) is 23.8 Å². The van der Waals surface area contributed by atoms with Crippen molar-refractivity contribution in [3.63, 3.8) is 0 Å². The van der Waals surface area contributed by atoms with Crippen LogP contribution in [0.5, 0.6) is 11.5 Å². The third-order valence-electron chi connectivity index (χ3n) is 3.73. The van der Waals surface area contributed by atoms with Gasteiger partial charge in [0.15, 0.2) is 11.5 Å². The van der Waals surface area contributed by atoms with E-state index in [-0.39, 0.29) is 18.6 Å². The van der Waals surface area contributed by atoms with E-state index in [2.05, 4.69) is 0 Å². The van der Waals surface area contributed by atoms with Gasteiger partial charge in [-0.3, -0.25) is 9.59 Å². The van der Waals surface area contributed by atoms with Crippen molar-refractivity contribution in [1.82, 2.24) is 4.90 Å². The van der Waals surface area contributed by atoms with Gasteiger partial charge in [-0.25, -0.2) is 0 Å². The Labute approximate surface area is 129 Å². The first-order valence-corrected chi connectivity index (χ1v) is 7.33. The molecule has 1 aromatic rings. The van der Waals surface area contributed by atoms with Crippen LogP contribution in [0, 0.1) is 0 Å². The first kappa shape index (κ1) is 16.1. The smallest absolute Gasteiger partial charge is 0.323 e. The summed E-state index contributed by atoms with van der Waals surface area (Å²) in [6.07, 6.45) is 4.61. The molecule has 1 N–H and O–H groups in total. The molecule has 6 nitrogen and oxygen atoms in total. The van der Waals surface area contributed by atoms with E-state index in [0.717, 1.165) is 17.7 Å². The molecular formula is C16H21NO5. The summed E-state index contributed by atoms with van der Waals surface area (Å²) in [4.78, 5) is 24.0. The van der Waals surface area contributed by atoms with Gasteiger partial charge in [0.1, 0.15) is 6.54 Å². The Hall–Kier alpha value is -2.24. The monoisotopic (exact) mass is 307 g/mol. The maximum absolute atomic E-state index is 12.2. The van der Waals surface area contributed by atoms with Gasteiger partial charge >= 0.3 is 5.97 Å². The fraction of sp³-hybridized carbons (Fsp3) is 0.500. The van der Waals surface area contributed by atoms with Crippen molar-refractivity contribution >= 4 is 11.9 Å². The van der Waals surface area contributed by atoms with E-state index in [1.807, 2.05) is 0 Å². The number of methoxy groups -OCH3 is 1. The van der Waals surface area contributed by atoms with E-state index >= 15 is 0 Å². The maximum atomic E-state index is 12.2. The van der Waals surface area contributed by atoms with Gasteiger partial charge in [0.2, 0.25) is 0 Å².